The number of aromatic nitrogens is 4. The highest BCUT2D eigenvalue weighted by Crippen LogP contribution is 2.32. The number of carbonyl (C=O) groups is 1. The van der Waals surface area contributed by atoms with Gasteiger partial charge in [0, 0.05) is 30.5 Å². The van der Waals surface area contributed by atoms with Crippen LogP contribution in [-0.4, -0.2) is 25.4 Å². The van der Waals surface area contributed by atoms with Gasteiger partial charge in [-0.2, -0.15) is 0 Å². The molecule has 0 unspecified atom stereocenters. The number of rotatable bonds is 5. The summed E-state index contributed by atoms with van der Waals surface area (Å²) in [6.45, 7) is -0.0609. The van der Waals surface area contributed by atoms with Gasteiger partial charge in [-0.3, -0.25) is 28.9 Å². The lowest BCUT2D eigenvalue weighted by molar-refractivity contribution is -0.120. The van der Waals surface area contributed by atoms with Crippen molar-refractivity contribution in [2.75, 3.05) is 0 Å². The molecule has 1 fully saturated rings. The summed E-state index contributed by atoms with van der Waals surface area (Å²) in [5, 5.41) is 2.52. The lowest BCUT2D eigenvalue weighted by Gasteiger charge is -2.07. The van der Waals surface area contributed by atoms with E-state index >= 15 is 0 Å². The Kier molecular flexibility index (Phi) is 4.02. The van der Waals surface area contributed by atoms with Crippen LogP contribution in [0.1, 0.15) is 30.1 Å². The Morgan fingerprint density at radius 2 is 1.92 bits per heavy atom. The van der Waals surface area contributed by atoms with Gasteiger partial charge in [-0.25, -0.2) is 9.59 Å². The number of nitrogens with one attached hydrogen (secondary N) is 4. The topological polar surface area (TPSA) is 150 Å². The first kappa shape index (κ1) is 15.7. The van der Waals surface area contributed by atoms with Gasteiger partial charge in [-0.05, 0) is 12.8 Å². The first-order valence-corrected chi connectivity index (χ1v) is 7.36. The van der Waals surface area contributed by atoms with E-state index in [1.165, 1.54) is 10.8 Å². The van der Waals surface area contributed by atoms with Crippen molar-refractivity contribution in [2.45, 2.75) is 31.8 Å². The monoisotopic (exact) mass is 333 g/mol. The van der Waals surface area contributed by atoms with Crippen LogP contribution in [0.25, 0.3) is 0 Å². The molecule has 10 heteroatoms. The van der Waals surface area contributed by atoms with E-state index in [1.54, 1.807) is 0 Å². The molecule has 0 aromatic carbocycles. The molecular formula is C14H15N5O5. The number of nitrogens with zero attached hydrogens (tertiary/aromatic N) is 1. The fraction of sp³-hybridized carbons (Fsp3) is 0.357. The molecule has 24 heavy (non-hydrogen) atoms. The molecule has 0 spiro atoms. The van der Waals surface area contributed by atoms with Crippen molar-refractivity contribution in [2.24, 2.45) is 0 Å². The molecule has 1 amide bonds. The summed E-state index contributed by atoms with van der Waals surface area (Å²) in [5.41, 5.74) is -1.89. The molecule has 1 aliphatic carbocycles. The summed E-state index contributed by atoms with van der Waals surface area (Å²) < 4.78 is 1.46. The van der Waals surface area contributed by atoms with Gasteiger partial charge in [0.25, 0.3) is 11.1 Å². The lowest BCUT2D eigenvalue weighted by atomic mass is 10.2. The van der Waals surface area contributed by atoms with Crippen molar-refractivity contribution in [1.82, 2.24) is 24.8 Å². The Morgan fingerprint density at radius 3 is 2.58 bits per heavy atom. The minimum absolute atomic E-state index is 0.0609. The van der Waals surface area contributed by atoms with Crippen molar-refractivity contribution in [3.63, 3.8) is 0 Å². The zero-order valence-electron chi connectivity index (χ0n) is 12.5. The number of amides is 1. The van der Waals surface area contributed by atoms with Gasteiger partial charge in [0.05, 0.1) is 12.0 Å². The Bertz CT molecular complexity index is 979. The van der Waals surface area contributed by atoms with Crippen LogP contribution in [-0.2, 0) is 17.8 Å². The fourth-order valence-electron chi connectivity index (χ4n) is 2.32. The summed E-state index contributed by atoms with van der Waals surface area (Å²) in [7, 11) is 0. The van der Waals surface area contributed by atoms with E-state index in [2.05, 4.69) is 15.3 Å². The molecule has 0 bridgehead atoms. The Labute approximate surface area is 133 Å². The van der Waals surface area contributed by atoms with Crippen LogP contribution in [0.4, 0.5) is 0 Å². The third-order valence-electron chi connectivity index (χ3n) is 3.62. The van der Waals surface area contributed by atoms with Crippen LogP contribution in [0.15, 0.2) is 31.4 Å². The fourth-order valence-corrected chi connectivity index (χ4v) is 2.32. The summed E-state index contributed by atoms with van der Waals surface area (Å²) >= 11 is 0. The normalized spacial score (nSPS) is 13.7. The number of hydrogen-bond donors (Lipinski definition) is 4. The summed E-state index contributed by atoms with van der Waals surface area (Å²) in [4.78, 5) is 64.2. The SMILES string of the molecule is O=C(Cc1cc(=O)[nH]c(=O)[nH]1)NCc1cn(C2CC2)c(=O)[nH]c1=O. The van der Waals surface area contributed by atoms with Crippen LogP contribution in [0.5, 0.6) is 0 Å². The molecule has 4 N–H and O–H groups in total. The number of aromatic amines is 3. The second-order valence-corrected chi connectivity index (χ2v) is 5.62. The molecule has 126 valence electrons. The Hall–Kier alpha value is -3.17. The first-order chi connectivity index (χ1) is 11.4. The molecule has 0 saturated heterocycles. The zero-order chi connectivity index (χ0) is 17.3. The standard InChI is InChI=1S/C14H15N5O5/c20-10(3-8-4-11(21)17-13(23)16-8)15-5-7-6-19(9-1-2-9)14(24)18-12(7)22/h4,6,9H,1-3,5H2,(H,15,20)(H,18,22,24)(H2,16,17,21,23). The second kappa shape index (κ2) is 6.14. The van der Waals surface area contributed by atoms with E-state index in [0.717, 1.165) is 18.9 Å². The van der Waals surface area contributed by atoms with Crippen molar-refractivity contribution in [3.05, 3.63) is 65.2 Å². The van der Waals surface area contributed by atoms with Crippen molar-refractivity contribution in [1.29, 1.82) is 0 Å². The highest BCUT2D eigenvalue weighted by atomic mass is 16.2. The third kappa shape index (κ3) is 3.59. The predicted molar refractivity (Wildman–Crippen MR) is 82.8 cm³/mol. The maximum absolute atomic E-state index is 11.9. The maximum Gasteiger partial charge on any atom is 0.328 e. The van der Waals surface area contributed by atoms with Crippen LogP contribution in [0, 0.1) is 0 Å². The number of H-pyrrole nitrogens is 3. The van der Waals surface area contributed by atoms with Gasteiger partial charge >= 0.3 is 11.4 Å². The number of carbonyl (C=O) groups excluding carboxylic acids is 1. The van der Waals surface area contributed by atoms with Gasteiger partial charge in [0.2, 0.25) is 5.91 Å². The van der Waals surface area contributed by atoms with Gasteiger partial charge in [0.1, 0.15) is 0 Å². The third-order valence-corrected chi connectivity index (χ3v) is 3.62. The molecule has 2 aromatic heterocycles. The summed E-state index contributed by atoms with van der Waals surface area (Å²) in [6.07, 6.45) is 3.01. The van der Waals surface area contributed by atoms with Gasteiger partial charge in [0.15, 0.2) is 0 Å². The minimum Gasteiger partial charge on any atom is -0.351 e. The molecule has 0 aliphatic heterocycles. The van der Waals surface area contributed by atoms with E-state index < -0.39 is 28.4 Å². The average molecular weight is 333 g/mol. The average Bonchev–Trinajstić information content (AvgIpc) is 3.29. The Morgan fingerprint density at radius 1 is 1.17 bits per heavy atom. The van der Waals surface area contributed by atoms with Crippen molar-refractivity contribution < 1.29 is 4.79 Å². The quantitative estimate of drug-likeness (QED) is 0.504. The van der Waals surface area contributed by atoms with Gasteiger partial charge in [-0.15, -0.1) is 0 Å². The minimum atomic E-state index is -0.696. The Balaban J connectivity index is 1.69. The van der Waals surface area contributed by atoms with Gasteiger partial charge in [-0.1, -0.05) is 0 Å². The van der Waals surface area contributed by atoms with Gasteiger partial charge < -0.3 is 10.3 Å². The molecular weight excluding hydrogens is 318 g/mol. The molecule has 1 aliphatic rings. The van der Waals surface area contributed by atoms with Crippen molar-refractivity contribution in [3.8, 4) is 0 Å². The molecule has 0 atom stereocenters. The summed E-state index contributed by atoms with van der Waals surface area (Å²) in [6, 6.07) is 1.21. The van der Waals surface area contributed by atoms with Crippen LogP contribution >= 0.6 is 0 Å². The maximum atomic E-state index is 11.9. The smallest absolute Gasteiger partial charge is 0.328 e. The van der Waals surface area contributed by atoms with Crippen LogP contribution in [0.2, 0.25) is 0 Å². The lowest BCUT2D eigenvalue weighted by Crippen LogP contribution is -2.35. The van der Waals surface area contributed by atoms with E-state index in [-0.39, 0.29) is 30.3 Å². The molecule has 3 rings (SSSR count). The van der Waals surface area contributed by atoms with Crippen molar-refractivity contribution >= 4 is 5.91 Å². The van der Waals surface area contributed by atoms with E-state index in [1.807, 2.05) is 4.98 Å². The molecule has 10 nitrogen and oxygen atoms in total. The molecule has 1 saturated carbocycles. The van der Waals surface area contributed by atoms with Crippen LogP contribution in [0.3, 0.4) is 0 Å². The molecule has 2 aromatic rings. The highest BCUT2D eigenvalue weighted by molar-refractivity contribution is 5.77. The van der Waals surface area contributed by atoms with E-state index in [0.29, 0.717) is 0 Å². The largest absolute Gasteiger partial charge is 0.351 e. The second-order valence-electron chi connectivity index (χ2n) is 5.62. The first-order valence-electron chi connectivity index (χ1n) is 7.36. The van der Waals surface area contributed by atoms with Crippen LogP contribution < -0.4 is 27.8 Å². The summed E-state index contributed by atoms with van der Waals surface area (Å²) in [5.74, 6) is -0.472. The number of hydrogen-bond acceptors (Lipinski definition) is 5. The molecule has 0 radical (unpaired) electrons. The van der Waals surface area contributed by atoms with E-state index in [9.17, 15) is 24.0 Å². The predicted octanol–water partition coefficient (Wildman–Crippen LogP) is -1.89. The highest BCUT2D eigenvalue weighted by Gasteiger charge is 2.25. The zero-order valence-corrected chi connectivity index (χ0v) is 12.5. The molecule has 2 heterocycles. The van der Waals surface area contributed by atoms with E-state index in [4.69, 9.17) is 0 Å².